The van der Waals surface area contributed by atoms with Gasteiger partial charge in [-0.3, -0.25) is 4.79 Å². The largest absolute Gasteiger partial charge is 0.462 e. The Balaban J connectivity index is 1.87. The van der Waals surface area contributed by atoms with Gasteiger partial charge in [-0.1, -0.05) is 30.3 Å². The van der Waals surface area contributed by atoms with Gasteiger partial charge in [0.05, 0.1) is 23.4 Å². The number of fused-ring (bicyclic) bond motifs is 1. The van der Waals surface area contributed by atoms with Crippen molar-refractivity contribution in [3.05, 3.63) is 32.9 Å². The predicted octanol–water partition coefficient (Wildman–Crippen LogP) is 4.61. The first kappa shape index (κ1) is 20.1. The maximum atomic E-state index is 12.8. The summed E-state index contributed by atoms with van der Waals surface area (Å²) in [4.78, 5) is 34.7. The summed E-state index contributed by atoms with van der Waals surface area (Å²) >= 11 is 9.03. The van der Waals surface area contributed by atoms with E-state index in [1.54, 1.807) is 6.92 Å². The van der Waals surface area contributed by atoms with E-state index in [1.165, 1.54) is 29.3 Å². The molecule has 1 amide bonds. The van der Waals surface area contributed by atoms with E-state index in [-0.39, 0.29) is 17.3 Å². The number of carbonyl (C=O) groups is 2. The second kappa shape index (κ2) is 9.03. The fraction of sp³-hybridized carbons (Fsp3) is 0.444. The van der Waals surface area contributed by atoms with Crippen LogP contribution in [0.5, 0.6) is 0 Å². The summed E-state index contributed by atoms with van der Waals surface area (Å²) < 4.78 is 5.19. The van der Waals surface area contributed by atoms with E-state index < -0.39 is 11.9 Å². The van der Waals surface area contributed by atoms with Crippen LogP contribution in [-0.4, -0.2) is 34.2 Å². The minimum absolute atomic E-state index is 0.105. The van der Waals surface area contributed by atoms with Crippen LogP contribution in [0.2, 0.25) is 5.02 Å². The number of aryl methyl sites for hydroxylation is 1. The molecule has 0 bridgehead atoms. The van der Waals surface area contributed by atoms with Gasteiger partial charge in [0.1, 0.15) is 5.00 Å². The molecule has 2 aromatic heterocycles. The monoisotopic (exact) mass is 425 g/mol. The average molecular weight is 426 g/mol. The zero-order valence-corrected chi connectivity index (χ0v) is 17.5. The summed E-state index contributed by atoms with van der Waals surface area (Å²) in [5.41, 5.74) is 1.56. The molecular weight excluding hydrogens is 406 g/mol. The van der Waals surface area contributed by atoms with Crippen LogP contribution in [-0.2, 0) is 17.6 Å². The number of hydrogen-bond donors (Lipinski definition) is 1. The third kappa shape index (κ3) is 4.44. The van der Waals surface area contributed by atoms with Crippen LogP contribution < -0.4 is 5.32 Å². The summed E-state index contributed by atoms with van der Waals surface area (Å²) in [5, 5.41) is 4.00. The molecule has 0 saturated heterocycles. The molecule has 0 aliphatic heterocycles. The highest BCUT2D eigenvalue weighted by atomic mass is 35.5. The van der Waals surface area contributed by atoms with Crippen molar-refractivity contribution < 1.29 is 14.3 Å². The molecule has 0 spiro atoms. The zero-order chi connectivity index (χ0) is 19.4. The number of nitrogens with zero attached hydrogens (tertiary/aromatic N) is 2. The molecule has 2 heterocycles. The Morgan fingerprint density at radius 3 is 2.93 bits per heavy atom. The molecule has 1 aliphatic rings. The van der Waals surface area contributed by atoms with Gasteiger partial charge in [-0.05, 0) is 38.2 Å². The molecule has 0 radical (unpaired) electrons. The Hall–Kier alpha value is -1.64. The molecule has 0 saturated carbocycles. The van der Waals surface area contributed by atoms with Crippen molar-refractivity contribution in [1.82, 2.24) is 9.97 Å². The van der Waals surface area contributed by atoms with E-state index in [9.17, 15) is 9.59 Å². The molecule has 1 N–H and O–H groups in total. The van der Waals surface area contributed by atoms with Gasteiger partial charge in [-0.25, -0.2) is 14.8 Å². The predicted molar refractivity (Wildman–Crippen MR) is 108 cm³/mol. The van der Waals surface area contributed by atoms with Crippen LogP contribution in [0, 0.1) is 0 Å². The van der Waals surface area contributed by atoms with E-state index in [0.717, 1.165) is 41.9 Å². The van der Waals surface area contributed by atoms with Crippen LogP contribution in [0.25, 0.3) is 0 Å². The van der Waals surface area contributed by atoms with Gasteiger partial charge >= 0.3 is 5.97 Å². The lowest BCUT2D eigenvalue weighted by atomic mass is 10.1. The number of amides is 1. The number of halogens is 1. The molecule has 27 heavy (non-hydrogen) atoms. The normalized spacial score (nSPS) is 12.7. The molecule has 3 rings (SSSR count). The lowest BCUT2D eigenvalue weighted by molar-refractivity contribution is 0.0527. The number of thiophene rings is 1. The van der Waals surface area contributed by atoms with Gasteiger partial charge in [0.15, 0.2) is 10.9 Å². The number of ether oxygens (including phenoxy) is 1. The summed E-state index contributed by atoms with van der Waals surface area (Å²) in [7, 11) is 0. The van der Waals surface area contributed by atoms with Gasteiger partial charge < -0.3 is 10.1 Å². The molecule has 0 atom stereocenters. The van der Waals surface area contributed by atoms with E-state index in [0.29, 0.717) is 15.7 Å². The van der Waals surface area contributed by atoms with Crippen molar-refractivity contribution in [3.63, 3.8) is 0 Å². The van der Waals surface area contributed by atoms with Crippen LogP contribution in [0.3, 0.4) is 0 Å². The highest BCUT2D eigenvalue weighted by Crippen LogP contribution is 2.39. The smallest absolute Gasteiger partial charge is 0.341 e. The van der Waals surface area contributed by atoms with Gasteiger partial charge in [-0.15, -0.1) is 11.3 Å². The number of aromatic nitrogens is 2. The van der Waals surface area contributed by atoms with Gasteiger partial charge in [-0.2, -0.15) is 0 Å². The van der Waals surface area contributed by atoms with Crippen LogP contribution >= 0.6 is 34.7 Å². The van der Waals surface area contributed by atoms with Crippen molar-refractivity contribution >= 4 is 51.6 Å². The second-order valence-corrected chi connectivity index (χ2v) is 8.51. The van der Waals surface area contributed by atoms with E-state index >= 15 is 0 Å². The first-order valence-corrected chi connectivity index (χ1v) is 11.0. The van der Waals surface area contributed by atoms with Crippen molar-refractivity contribution in [2.24, 2.45) is 0 Å². The summed E-state index contributed by atoms with van der Waals surface area (Å²) in [6.07, 6.45) is 5.15. The number of anilines is 1. The van der Waals surface area contributed by atoms with Crippen LogP contribution in [0.1, 0.15) is 58.0 Å². The summed E-state index contributed by atoms with van der Waals surface area (Å²) in [6, 6.07) is 0. The Morgan fingerprint density at radius 2 is 2.19 bits per heavy atom. The Kier molecular flexibility index (Phi) is 6.73. The van der Waals surface area contributed by atoms with Crippen molar-refractivity contribution in [2.75, 3.05) is 17.7 Å². The number of thioether (sulfide) groups is 1. The minimum atomic E-state index is -0.453. The van der Waals surface area contributed by atoms with Crippen molar-refractivity contribution in [3.8, 4) is 0 Å². The maximum absolute atomic E-state index is 12.8. The van der Waals surface area contributed by atoms with Gasteiger partial charge in [0, 0.05) is 10.6 Å². The molecule has 2 aromatic rings. The molecule has 144 valence electrons. The number of carbonyl (C=O) groups excluding carboxylic acids is 2. The number of hydrogen-bond acceptors (Lipinski definition) is 7. The Morgan fingerprint density at radius 1 is 1.37 bits per heavy atom. The zero-order valence-electron chi connectivity index (χ0n) is 15.1. The number of nitrogens with one attached hydrogen (secondary N) is 1. The topological polar surface area (TPSA) is 81.2 Å². The summed E-state index contributed by atoms with van der Waals surface area (Å²) in [5.74, 6) is -0.000683. The first-order valence-electron chi connectivity index (χ1n) is 8.83. The maximum Gasteiger partial charge on any atom is 0.341 e. The number of esters is 1. The average Bonchev–Trinajstić information content (AvgIpc) is 3.21. The third-order valence-electron chi connectivity index (χ3n) is 4.00. The Bertz CT molecular complexity index is 870. The van der Waals surface area contributed by atoms with Gasteiger partial charge in [0.2, 0.25) is 0 Å². The quantitative estimate of drug-likeness (QED) is 0.396. The fourth-order valence-corrected chi connectivity index (χ4v) is 4.97. The SMILES string of the molecule is CCCSc1ncc(Cl)c(C(=O)Nc2sc3c(c2C(=O)OCC)CCC3)n1. The van der Waals surface area contributed by atoms with Crippen molar-refractivity contribution in [2.45, 2.75) is 44.7 Å². The van der Waals surface area contributed by atoms with E-state index in [4.69, 9.17) is 16.3 Å². The van der Waals surface area contributed by atoms with E-state index in [1.807, 2.05) is 0 Å². The first-order chi connectivity index (χ1) is 13.0. The molecule has 1 aliphatic carbocycles. The molecule has 0 aromatic carbocycles. The highest BCUT2D eigenvalue weighted by molar-refractivity contribution is 7.99. The molecular formula is C18H20ClN3O3S2. The highest BCUT2D eigenvalue weighted by Gasteiger charge is 2.29. The molecule has 6 nitrogen and oxygen atoms in total. The lowest BCUT2D eigenvalue weighted by Crippen LogP contribution is -2.17. The Labute approximate surface area is 171 Å². The van der Waals surface area contributed by atoms with Crippen molar-refractivity contribution in [1.29, 1.82) is 0 Å². The standard InChI is InChI=1S/C18H20ClN3O3S2/c1-3-8-26-18-20-9-11(19)14(21-18)15(23)22-16-13(17(24)25-4-2)10-6-5-7-12(10)27-16/h9H,3-8H2,1-2H3,(H,22,23). The molecule has 0 unspecified atom stereocenters. The minimum Gasteiger partial charge on any atom is -0.462 e. The lowest BCUT2D eigenvalue weighted by Gasteiger charge is -2.09. The number of rotatable bonds is 7. The van der Waals surface area contributed by atoms with E-state index in [2.05, 4.69) is 22.2 Å². The fourth-order valence-electron chi connectivity index (χ4n) is 2.85. The van der Waals surface area contributed by atoms with Gasteiger partial charge in [0.25, 0.3) is 5.91 Å². The summed E-state index contributed by atoms with van der Waals surface area (Å²) in [6.45, 7) is 4.11. The van der Waals surface area contributed by atoms with Crippen LogP contribution in [0.4, 0.5) is 5.00 Å². The molecule has 0 fully saturated rings. The third-order valence-corrected chi connectivity index (χ3v) is 6.55. The molecule has 9 heteroatoms. The second-order valence-electron chi connectivity index (χ2n) is 5.93. The van der Waals surface area contributed by atoms with Crippen LogP contribution in [0.15, 0.2) is 11.4 Å².